The van der Waals surface area contributed by atoms with Crippen LogP contribution in [0.15, 0.2) is 0 Å². The number of carbonyl (C=O) groups is 2. The van der Waals surface area contributed by atoms with E-state index in [1.807, 2.05) is 27.7 Å². The zero-order valence-corrected chi connectivity index (χ0v) is 11.0. The Bertz CT molecular complexity index is 304. The van der Waals surface area contributed by atoms with E-state index in [4.69, 9.17) is 5.11 Å². The zero-order valence-electron chi connectivity index (χ0n) is 10.2. The molecule has 0 aliphatic carbocycles. The fraction of sp³-hybridized carbons (Fsp3) is 0.818. The van der Waals surface area contributed by atoms with Crippen molar-refractivity contribution < 1.29 is 14.7 Å². The van der Waals surface area contributed by atoms with Gasteiger partial charge in [0.1, 0.15) is 6.04 Å². The van der Waals surface area contributed by atoms with Crippen LogP contribution in [0.5, 0.6) is 0 Å². The number of thioether (sulfide) groups is 1. The molecule has 5 heteroatoms. The van der Waals surface area contributed by atoms with E-state index >= 15 is 0 Å². The Balaban J connectivity index is 2.92. The Hall–Kier alpha value is -0.710. The van der Waals surface area contributed by atoms with Gasteiger partial charge in [-0.2, -0.15) is 0 Å². The van der Waals surface area contributed by atoms with Gasteiger partial charge in [0.25, 0.3) is 0 Å². The second-order valence-corrected chi connectivity index (χ2v) is 6.09. The third-order valence-corrected chi connectivity index (χ3v) is 4.42. The number of hydrogen-bond donors (Lipinski definition) is 1. The summed E-state index contributed by atoms with van der Waals surface area (Å²) in [5.74, 6) is -0.473. The lowest BCUT2D eigenvalue weighted by molar-refractivity contribution is -0.153. The van der Waals surface area contributed by atoms with E-state index in [2.05, 4.69) is 0 Å². The quantitative estimate of drug-likeness (QED) is 0.823. The van der Waals surface area contributed by atoms with Gasteiger partial charge in [-0.05, 0) is 13.3 Å². The minimum Gasteiger partial charge on any atom is -0.480 e. The highest BCUT2D eigenvalue weighted by Gasteiger charge is 2.43. The maximum absolute atomic E-state index is 12.3. The molecule has 0 saturated carbocycles. The maximum atomic E-state index is 12.3. The van der Waals surface area contributed by atoms with Crippen molar-refractivity contribution in [2.24, 2.45) is 5.41 Å². The molecular weight excluding hydrogens is 226 g/mol. The third kappa shape index (κ3) is 2.34. The molecule has 1 heterocycles. The summed E-state index contributed by atoms with van der Waals surface area (Å²) in [6.07, 6.45) is 0.714. The molecule has 1 aliphatic rings. The van der Waals surface area contributed by atoms with E-state index in [-0.39, 0.29) is 11.3 Å². The van der Waals surface area contributed by atoms with Gasteiger partial charge in [0.2, 0.25) is 5.91 Å². The van der Waals surface area contributed by atoms with Gasteiger partial charge < -0.3 is 10.0 Å². The monoisotopic (exact) mass is 245 g/mol. The van der Waals surface area contributed by atoms with Gasteiger partial charge in [-0.3, -0.25) is 4.79 Å². The smallest absolute Gasteiger partial charge is 0.327 e. The molecule has 92 valence electrons. The zero-order chi connectivity index (χ0) is 12.5. The van der Waals surface area contributed by atoms with Gasteiger partial charge >= 0.3 is 5.97 Å². The molecule has 1 rings (SSSR count). The van der Waals surface area contributed by atoms with E-state index in [9.17, 15) is 9.59 Å². The van der Waals surface area contributed by atoms with Crippen molar-refractivity contribution in [1.82, 2.24) is 4.90 Å². The predicted molar refractivity (Wildman–Crippen MR) is 64.3 cm³/mol. The predicted octanol–water partition coefficient (Wildman–Crippen LogP) is 1.80. The van der Waals surface area contributed by atoms with Crippen LogP contribution < -0.4 is 0 Å². The molecular formula is C11H19NO3S. The SMILES string of the molecule is CCC(C)(C)C(=O)N1C(C)SCC1C(=O)O. The molecule has 0 spiro atoms. The van der Waals surface area contributed by atoms with Crippen molar-refractivity contribution in [2.45, 2.75) is 45.5 Å². The summed E-state index contributed by atoms with van der Waals surface area (Å²) in [7, 11) is 0. The first-order valence-electron chi connectivity index (χ1n) is 5.48. The van der Waals surface area contributed by atoms with Crippen LogP contribution in [0.4, 0.5) is 0 Å². The number of carboxylic acids is 1. The lowest BCUT2D eigenvalue weighted by Gasteiger charge is -2.33. The fourth-order valence-corrected chi connectivity index (χ4v) is 2.81. The van der Waals surface area contributed by atoms with Crippen LogP contribution in [0.1, 0.15) is 34.1 Å². The fourth-order valence-electron chi connectivity index (χ4n) is 1.64. The summed E-state index contributed by atoms with van der Waals surface area (Å²) in [6.45, 7) is 7.56. The van der Waals surface area contributed by atoms with Gasteiger partial charge in [0.15, 0.2) is 0 Å². The standard InChI is InChI=1S/C11H19NO3S/c1-5-11(3,4)10(15)12-7(2)16-6-8(12)9(13)14/h7-8H,5-6H2,1-4H3,(H,13,14). The van der Waals surface area contributed by atoms with Gasteiger partial charge in [-0.15, -0.1) is 11.8 Å². The normalized spacial score (nSPS) is 25.9. The summed E-state index contributed by atoms with van der Waals surface area (Å²) in [5, 5.41) is 9.04. The number of aliphatic carboxylic acids is 1. The van der Waals surface area contributed by atoms with Crippen LogP contribution in [0.3, 0.4) is 0 Å². The molecule has 0 bridgehead atoms. The lowest BCUT2D eigenvalue weighted by atomic mass is 9.88. The van der Waals surface area contributed by atoms with E-state index in [1.165, 1.54) is 16.7 Å². The summed E-state index contributed by atoms with van der Waals surface area (Å²) in [4.78, 5) is 24.9. The first-order valence-corrected chi connectivity index (χ1v) is 6.53. The van der Waals surface area contributed by atoms with Crippen molar-refractivity contribution in [2.75, 3.05) is 5.75 Å². The molecule has 2 atom stereocenters. The highest BCUT2D eigenvalue weighted by atomic mass is 32.2. The second-order valence-electron chi connectivity index (χ2n) is 4.74. The number of amides is 1. The summed E-state index contributed by atoms with van der Waals surface area (Å²) in [5.41, 5.74) is -0.479. The minimum atomic E-state index is -0.905. The van der Waals surface area contributed by atoms with E-state index in [0.717, 1.165) is 0 Å². The molecule has 0 aromatic heterocycles. The molecule has 1 saturated heterocycles. The highest BCUT2D eigenvalue weighted by molar-refractivity contribution is 8.00. The van der Waals surface area contributed by atoms with Gasteiger partial charge in [-0.25, -0.2) is 4.79 Å². The number of carboxylic acid groups (broad SMARTS) is 1. The number of carbonyl (C=O) groups excluding carboxylic acids is 1. The molecule has 1 amide bonds. The van der Waals surface area contributed by atoms with Crippen LogP contribution in [0.25, 0.3) is 0 Å². The average Bonchev–Trinajstić information content (AvgIpc) is 2.59. The van der Waals surface area contributed by atoms with Gasteiger partial charge in [0.05, 0.1) is 5.37 Å². The Morgan fingerprint density at radius 2 is 2.06 bits per heavy atom. The first-order chi connectivity index (χ1) is 7.31. The van der Waals surface area contributed by atoms with Gasteiger partial charge in [-0.1, -0.05) is 20.8 Å². The average molecular weight is 245 g/mol. The molecule has 1 fully saturated rings. The molecule has 1 N–H and O–H groups in total. The first kappa shape index (κ1) is 13.4. The maximum Gasteiger partial charge on any atom is 0.327 e. The summed E-state index contributed by atoms with van der Waals surface area (Å²) < 4.78 is 0. The van der Waals surface area contributed by atoms with Crippen LogP contribution in [-0.2, 0) is 9.59 Å². The number of nitrogens with zero attached hydrogens (tertiary/aromatic N) is 1. The van der Waals surface area contributed by atoms with E-state index in [1.54, 1.807) is 0 Å². The van der Waals surface area contributed by atoms with Crippen LogP contribution >= 0.6 is 11.8 Å². The summed E-state index contributed by atoms with van der Waals surface area (Å²) in [6, 6.07) is -0.668. The molecule has 4 nitrogen and oxygen atoms in total. The molecule has 16 heavy (non-hydrogen) atoms. The molecule has 0 aromatic carbocycles. The van der Waals surface area contributed by atoms with Crippen molar-refractivity contribution in [3.63, 3.8) is 0 Å². The molecule has 2 unspecified atom stereocenters. The topological polar surface area (TPSA) is 57.6 Å². The van der Waals surface area contributed by atoms with Gasteiger partial charge in [0, 0.05) is 11.2 Å². The highest BCUT2D eigenvalue weighted by Crippen LogP contribution is 2.34. The Labute approximate surface area is 100 Å². The van der Waals surface area contributed by atoms with E-state index in [0.29, 0.717) is 12.2 Å². The van der Waals surface area contributed by atoms with Crippen LogP contribution in [0.2, 0.25) is 0 Å². The third-order valence-electron chi connectivity index (χ3n) is 3.21. The largest absolute Gasteiger partial charge is 0.480 e. The second kappa shape index (κ2) is 4.65. The Morgan fingerprint density at radius 1 is 1.50 bits per heavy atom. The summed E-state index contributed by atoms with van der Waals surface area (Å²) >= 11 is 1.52. The van der Waals surface area contributed by atoms with Crippen molar-refractivity contribution >= 4 is 23.6 Å². The van der Waals surface area contributed by atoms with Crippen LogP contribution in [-0.4, -0.2) is 39.1 Å². The molecule has 0 aromatic rings. The minimum absolute atomic E-state index is 0.0422. The van der Waals surface area contributed by atoms with Crippen LogP contribution in [0, 0.1) is 5.41 Å². The van der Waals surface area contributed by atoms with E-state index < -0.39 is 17.4 Å². The number of rotatable bonds is 3. The number of hydrogen-bond acceptors (Lipinski definition) is 3. The van der Waals surface area contributed by atoms with Crippen molar-refractivity contribution in [1.29, 1.82) is 0 Å². The molecule has 0 radical (unpaired) electrons. The Morgan fingerprint density at radius 3 is 2.50 bits per heavy atom. The van der Waals surface area contributed by atoms with Crippen molar-refractivity contribution in [3.05, 3.63) is 0 Å². The lowest BCUT2D eigenvalue weighted by Crippen LogP contribution is -2.49. The Kier molecular flexibility index (Phi) is 3.88. The molecule has 1 aliphatic heterocycles. The van der Waals surface area contributed by atoms with Crippen molar-refractivity contribution in [3.8, 4) is 0 Å².